The highest BCUT2D eigenvalue weighted by Crippen LogP contribution is 2.42. The van der Waals surface area contributed by atoms with Crippen molar-refractivity contribution in [1.82, 2.24) is 5.32 Å². The number of nitrogens with two attached hydrogens (primary N) is 1. The van der Waals surface area contributed by atoms with Crippen LogP contribution in [-0.2, 0) is 4.79 Å². The molecule has 1 unspecified atom stereocenters. The summed E-state index contributed by atoms with van der Waals surface area (Å²) in [6, 6.07) is 0. The number of hydrogen-bond acceptors (Lipinski definition) is 5. The van der Waals surface area contributed by atoms with Crippen molar-refractivity contribution < 1.29 is 15.0 Å². The van der Waals surface area contributed by atoms with Gasteiger partial charge >= 0.3 is 0 Å². The lowest BCUT2D eigenvalue weighted by atomic mass is 9.65. The summed E-state index contributed by atoms with van der Waals surface area (Å²) in [6.45, 7) is 3.89. The zero-order valence-electron chi connectivity index (χ0n) is 10.1. The lowest BCUT2D eigenvalue weighted by molar-refractivity contribution is -0.137. The van der Waals surface area contributed by atoms with Gasteiger partial charge in [-0.05, 0) is 18.3 Å². The van der Waals surface area contributed by atoms with Crippen LogP contribution in [0.3, 0.4) is 0 Å². The maximum absolute atomic E-state index is 11.6. The Morgan fingerprint density at radius 1 is 1.47 bits per heavy atom. The van der Waals surface area contributed by atoms with E-state index in [1.807, 2.05) is 13.8 Å². The Morgan fingerprint density at radius 3 is 2.76 bits per heavy atom. The molecule has 0 saturated heterocycles. The molecule has 0 radical (unpaired) electrons. The Kier molecular flexibility index (Phi) is 2.87. The minimum atomic E-state index is -1.24. The van der Waals surface area contributed by atoms with Gasteiger partial charge in [0, 0.05) is 6.42 Å². The summed E-state index contributed by atoms with van der Waals surface area (Å²) in [5, 5.41) is 22.3. The Morgan fingerprint density at radius 2 is 2.12 bits per heavy atom. The molecule has 1 heterocycles. The molecule has 96 valence electrons. The minimum Gasteiger partial charge on any atom is -0.393 e. The van der Waals surface area contributed by atoms with Gasteiger partial charge in [0.05, 0.1) is 6.10 Å². The molecule has 0 aromatic rings. The van der Waals surface area contributed by atoms with E-state index in [0.717, 1.165) is 0 Å². The van der Waals surface area contributed by atoms with Crippen molar-refractivity contribution in [3.63, 3.8) is 0 Å². The number of aliphatic hydroxyl groups is 2. The Labute approximate surface area is 99.9 Å². The molecule has 6 nitrogen and oxygen atoms in total. The molecule has 0 aromatic heterocycles. The summed E-state index contributed by atoms with van der Waals surface area (Å²) in [7, 11) is 0. The van der Waals surface area contributed by atoms with Gasteiger partial charge in [0.15, 0.2) is 12.1 Å². The molecule has 1 spiro atoms. The van der Waals surface area contributed by atoms with Crippen LogP contribution in [-0.4, -0.2) is 39.8 Å². The molecule has 1 aliphatic carbocycles. The molecule has 6 heteroatoms. The summed E-state index contributed by atoms with van der Waals surface area (Å²) in [5.74, 6) is -0.371. The van der Waals surface area contributed by atoms with Crippen LogP contribution in [0, 0.1) is 11.8 Å². The number of hydrogen-bond donors (Lipinski definition) is 4. The monoisotopic (exact) mass is 241 g/mol. The van der Waals surface area contributed by atoms with Crippen LogP contribution in [0.5, 0.6) is 0 Å². The van der Waals surface area contributed by atoms with E-state index < -0.39 is 23.7 Å². The van der Waals surface area contributed by atoms with E-state index >= 15 is 0 Å². The van der Waals surface area contributed by atoms with Gasteiger partial charge in [-0.2, -0.15) is 0 Å². The van der Waals surface area contributed by atoms with E-state index in [9.17, 15) is 15.0 Å². The van der Waals surface area contributed by atoms with Crippen molar-refractivity contribution in [2.75, 3.05) is 0 Å². The van der Waals surface area contributed by atoms with Crippen molar-refractivity contribution in [1.29, 1.82) is 0 Å². The van der Waals surface area contributed by atoms with Gasteiger partial charge in [-0.1, -0.05) is 13.8 Å². The third-order valence-corrected chi connectivity index (χ3v) is 4.07. The third-order valence-electron chi connectivity index (χ3n) is 4.07. The second-order valence-electron chi connectivity index (χ2n) is 5.27. The third kappa shape index (κ3) is 1.81. The molecule has 5 atom stereocenters. The van der Waals surface area contributed by atoms with Crippen LogP contribution in [0.1, 0.15) is 26.7 Å². The minimum absolute atomic E-state index is 0.000463. The lowest BCUT2D eigenvalue weighted by Crippen LogP contribution is -2.64. The van der Waals surface area contributed by atoms with E-state index in [0.29, 0.717) is 6.42 Å². The van der Waals surface area contributed by atoms with Crippen LogP contribution in [0.4, 0.5) is 0 Å². The molecule has 2 rings (SSSR count). The lowest BCUT2D eigenvalue weighted by Gasteiger charge is -2.47. The molecule has 1 fully saturated rings. The standard InChI is InChI=1S/C11H19N3O3/c1-5-3-6(2)11(4-7(5)15)8(16)9(17)13-10(12)14-11/h5-8,15-16H,3-4H2,1-2H3,(H3,12,13,14,17)/t5-,6+,7+,8-,11?/m1/s1. The average Bonchev–Trinajstić information content (AvgIpc) is 2.23. The maximum atomic E-state index is 11.6. The van der Waals surface area contributed by atoms with Crippen LogP contribution in [0.2, 0.25) is 0 Å². The fourth-order valence-electron chi connectivity index (χ4n) is 2.93. The number of amides is 1. The zero-order valence-corrected chi connectivity index (χ0v) is 10.1. The summed E-state index contributed by atoms with van der Waals surface area (Å²) < 4.78 is 0. The SMILES string of the molecule is C[C@@H]1C[C@H](C)C2(C[C@@H]1O)N=C(N)NC(=O)[C@H]2O. The molecule has 1 aliphatic heterocycles. The quantitative estimate of drug-likeness (QED) is 0.434. The highest BCUT2D eigenvalue weighted by Gasteiger charge is 2.53. The molecule has 0 bridgehead atoms. The van der Waals surface area contributed by atoms with E-state index in [2.05, 4.69) is 10.3 Å². The summed E-state index contributed by atoms with van der Waals surface area (Å²) >= 11 is 0. The van der Waals surface area contributed by atoms with Crippen molar-refractivity contribution in [2.24, 2.45) is 22.6 Å². The smallest absolute Gasteiger partial charge is 0.258 e. The fourth-order valence-corrected chi connectivity index (χ4v) is 2.93. The van der Waals surface area contributed by atoms with Crippen molar-refractivity contribution >= 4 is 11.9 Å². The molecule has 17 heavy (non-hydrogen) atoms. The van der Waals surface area contributed by atoms with E-state index in [-0.39, 0.29) is 24.2 Å². The maximum Gasteiger partial charge on any atom is 0.258 e. The molecular weight excluding hydrogens is 222 g/mol. The van der Waals surface area contributed by atoms with E-state index in [1.165, 1.54) is 0 Å². The van der Waals surface area contributed by atoms with Gasteiger partial charge in [-0.15, -0.1) is 0 Å². The number of aliphatic hydroxyl groups excluding tert-OH is 2. The first-order valence-corrected chi connectivity index (χ1v) is 5.89. The van der Waals surface area contributed by atoms with E-state index in [4.69, 9.17) is 5.73 Å². The van der Waals surface area contributed by atoms with Crippen LogP contribution in [0.15, 0.2) is 4.99 Å². The Bertz CT molecular complexity index is 371. The first-order valence-electron chi connectivity index (χ1n) is 5.89. The Hall–Kier alpha value is -1.14. The number of carbonyl (C=O) groups is 1. The predicted octanol–water partition coefficient (Wildman–Crippen LogP) is -1.04. The van der Waals surface area contributed by atoms with Gasteiger partial charge < -0.3 is 15.9 Å². The number of nitrogens with zero attached hydrogens (tertiary/aromatic N) is 1. The highest BCUT2D eigenvalue weighted by atomic mass is 16.3. The largest absolute Gasteiger partial charge is 0.393 e. The number of nitrogens with one attached hydrogen (secondary N) is 1. The van der Waals surface area contributed by atoms with Gasteiger partial charge in [0.25, 0.3) is 5.91 Å². The number of carbonyl (C=O) groups excluding carboxylic acids is 1. The molecular formula is C11H19N3O3. The first kappa shape index (κ1) is 12.3. The first-order chi connectivity index (χ1) is 7.86. The van der Waals surface area contributed by atoms with Crippen molar-refractivity contribution in [3.05, 3.63) is 0 Å². The summed E-state index contributed by atoms with van der Waals surface area (Å²) in [4.78, 5) is 15.8. The second kappa shape index (κ2) is 3.96. The fraction of sp³-hybridized carbons (Fsp3) is 0.818. The highest BCUT2D eigenvalue weighted by molar-refractivity contribution is 6.01. The topological polar surface area (TPSA) is 108 Å². The number of guanidine groups is 1. The zero-order chi connectivity index (χ0) is 12.8. The number of aliphatic imine (C=N–C) groups is 1. The van der Waals surface area contributed by atoms with Crippen molar-refractivity contribution in [2.45, 2.75) is 44.4 Å². The second-order valence-corrected chi connectivity index (χ2v) is 5.27. The summed E-state index contributed by atoms with van der Waals surface area (Å²) in [6.07, 6.45) is -0.831. The average molecular weight is 241 g/mol. The van der Waals surface area contributed by atoms with Crippen LogP contribution in [0.25, 0.3) is 0 Å². The van der Waals surface area contributed by atoms with Crippen molar-refractivity contribution in [3.8, 4) is 0 Å². The van der Waals surface area contributed by atoms with Crippen LogP contribution < -0.4 is 11.1 Å². The Balaban J connectivity index is 2.39. The summed E-state index contributed by atoms with van der Waals surface area (Å²) in [5.41, 5.74) is 4.59. The van der Waals surface area contributed by atoms with Crippen LogP contribution >= 0.6 is 0 Å². The van der Waals surface area contributed by atoms with Gasteiger partial charge in [-0.3, -0.25) is 10.1 Å². The number of rotatable bonds is 0. The normalized spacial score (nSPS) is 46.6. The molecule has 5 N–H and O–H groups in total. The van der Waals surface area contributed by atoms with Gasteiger partial charge in [0.1, 0.15) is 5.54 Å². The van der Waals surface area contributed by atoms with E-state index in [1.54, 1.807) is 0 Å². The molecule has 1 saturated carbocycles. The molecule has 1 amide bonds. The molecule has 0 aromatic carbocycles. The van der Waals surface area contributed by atoms with Gasteiger partial charge in [-0.25, -0.2) is 4.99 Å². The van der Waals surface area contributed by atoms with Gasteiger partial charge in [0.2, 0.25) is 0 Å². The predicted molar refractivity (Wildman–Crippen MR) is 62.1 cm³/mol. The molecule has 2 aliphatic rings.